The van der Waals surface area contributed by atoms with Gasteiger partial charge in [0.2, 0.25) is 5.91 Å². The molecule has 0 aliphatic carbocycles. The van der Waals surface area contributed by atoms with Gasteiger partial charge in [-0.25, -0.2) is 0 Å². The number of nitrogens with zero attached hydrogens (tertiary/aromatic N) is 1. The molecule has 2 rings (SSSR count). The predicted molar refractivity (Wildman–Crippen MR) is 67.4 cm³/mol. The summed E-state index contributed by atoms with van der Waals surface area (Å²) in [5.74, 6) is -0.290. The topological polar surface area (TPSA) is 46.3 Å². The number of benzene rings is 1. The van der Waals surface area contributed by atoms with Crippen molar-refractivity contribution in [1.29, 1.82) is 0 Å². The molecule has 16 heavy (non-hydrogen) atoms. The summed E-state index contributed by atoms with van der Waals surface area (Å²) in [5.41, 5.74) is 6.41. The second kappa shape index (κ2) is 4.63. The predicted octanol–water partition coefficient (Wildman–Crippen LogP) is 1.82. The van der Waals surface area contributed by atoms with Crippen LogP contribution in [0.15, 0.2) is 29.6 Å². The molecule has 0 radical (unpaired) electrons. The number of likely N-dealkylation sites (N-methyl/N-ethyl adjacent to an activating group) is 1. The fourth-order valence-corrected chi connectivity index (χ4v) is 2.72. The molecule has 0 unspecified atom stereocenters. The molecule has 1 heterocycles. The molecule has 3 nitrogen and oxygen atoms in total. The molecular formula is C12H14N2OS. The third-order valence-electron chi connectivity index (χ3n) is 2.43. The Morgan fingerprint density at radius 3 is 2.94 bits per heavy atom. The number of hydrogen-bond acceptors (Lipinski definition) is 3. The number of primary amides is 1. The summed E-state index contributed by atoms with van der Waals surface area (Å²) in [6.07, 6.45) is 0. The number of carbonyl (C=O) groups excluding carboxylic acids is 1. The van der Waals surface area contributed by atoms with Gasteiger partial charge in [0, 0.05) is 11.2 Å². The average Bonchev–Trinajstić information content (AvgIpc) is 2.61. The lowest BCUT2D eigenvalue weighted by atomic mass is 10.2. The highest BCUT2D eigenvalue weighted by Gasteiger charge is 2.07. The van der Waals surface area contributed by atoms with Gasteiger partial charge in [-0.3, -0.25) is 9.69 Å². The largest absolute Gasteiger partial charge is 0.369 e. The molecular weight excluding hydrogens is 220 g/mol. The molecule has 0 bridgehead atoms. The van der Waals surface area contributed by atoms with Gasteiger partial charge in [-0.05, 0) is 29.4 Å². The van der Waals surface area contributed by atoms with Crippen molar-refractivity contribution in [2.75, 3.05) is 13.6 Å². The minimum atomic E-state index is -0.290. The summed E-state index contributed by atoms with van der Waals surface area (Å²) >= 11 is 1.73. The smallest absolute Gasteiger partial charge is 0.231 e. The second-order valence-corrected chi connectivity index (χ2v) is 4.81. The van der Waals surface area contributed by atoms with Gasteiger partial charge >= 0.3 is 0 Å². The Bertz CT molecular complexity index is 506. The van der Waals surface area contributed by atoms with Crippen LogP contribution >= 0.6 is 11.3 Å². The van der Waals surface area contributed by atoms with E-state index in [0.717, 1.165) is 6.54 Å². The van der Waals surface area contributed by atoms with E-state index < -0.39 is 0 Å². The van der Waals surface area contributed by atoms with E-state index in [4.69, 9.17) is 5.73 Å². The van der Waals surface area contributed by atoms with Crippen LogP contribution < -0.4 is 5.73 Å². The first-order valence-electron chi connectivity index (χ1n) is 5.09. The molecule has 0 aliphatic heterocycles. The van der Waals surface area contributed by atoms with E-state index in [1.165, 1.54) is 15.6 Å². The second-order valence-electron chi connectivity index (χ2n) is 3.90. The average molecular weight is 234 g/mol. The molecule has 2 N–H and O–H groups in total. The first kappa shape index (κ1) is 11.1. The zero-order chi connectivity index (χ0) is 11.5. The van der Waals surface area contributed by atoms with Crippen LogP contribution in [0.2, 0.25) is 0 Å². The third-order valence-corrected chi connectivity index (χ3v) is 3.44. The third kappa shape index (κ3) is 2.40. The highest BCUT2D eigenvalue weighted by Crippen LogP contribution is 2.26. The van der Waals surface area contributed by atoms with E-state index >= 15 is 0 Å². The molecule has 0 fully saturated rings. The van der Waals surface area contributed by atoms with Gasteiger partial charge in [0.05, 0.1) is 6.54 Å². The lowest BCUT2D eigenvalue weighted by Crippen LogP contribution is -2.30. The molecule has 84 valence electrons. The Kier molecular flexibility index (Phi) is 3.22. The van der Waals surface area contributed by atoms with Gasteiger partial charge in [-0.1, -0.05) is 18.2 Å². The maximum atomic E-state index is 10.8. The van der Waals surface area contributed by atoms with Crippen molar-refractivity contribution in [2.45, 2.75) is 6.54 Å². The summed E-state index contributed by atoms with van der Waals surface area (Å²) < 4.78 is 1.28. The van der Waals surface area contributed by atoms with Crippen LogP contribution in [0.25, 0.3) is 10.1 Å². The molecule has 1 aromatic heterocycles. The SMILES string of the molecule is CN(CC(N)=O)Cc1csc2ccccc12. The number of nitrogens with two attached hydrogens (primary N) is 1. The van der Waals surface area contributed by atoms with E-state index in [-0.39, 0.29) is 5.91 Å². The zero-order valence-corrected chi connectivity index (χ0v) is 9.96. The molecule has 1 aromatic carbocycles. The van der Waals surface area contributed by atoms with Gasteiger partial charge < -0.3 is 5.73 Å². The lowest BCUT2D eigenvalue weighted by Gasteiger charge is -2.13. The molecule has 0 aliphatic rings. The fraction of sp³-hybridized carbons (Fsp3) is 0.250. The lowest BCUT2D eigenvalue weighted by molar-refractivity contribution is -0.118. The van der Waals surface area contributed by atoms with E-state index in [1.807, 2.05) is 24.1 Å². The van der Waals surface area contributed by atoms with Crippen molar-refractivity contribution in [2.24, 2.45) is 5.73 Å². The van der Waals surface area contributed by atoms with E-state index in [1.54, 1.807) is 11.3 Å². The Labute approximate surface area is 98.5 Å². The monoisotopic (exact) mass is 234 g/mol. The van der Waals surface area contributed by atoms with E-state index in [9.17, 15) is 4.79 Å². The molecule has 0 saturated carbocycles. The Hall–Kier alpha value is -1.39. The standard InChI is InChI=1S/C12H14N2OS/c1-14(7-12(13)15)6-9-8-16-11-5-3-2-4-10(9)11/h2-5,8H,6-7H2,1H3,(H2,13,15). The normalized spacial score (nSPS) is 11.1. The van der Waals surface area contributed by atoms with Gasteiger partial charge in [-0.15, -0.1) is 11.3 Å². The number of carbonyl (C=O) groups is 1. The minimum Gasteiger partial charge on any atom is -0.369 e. The number of amides is 1. The van der Waals surface area contributed by atoms with Crippen LogP contribution in [-0.4, -0.2) is 24.4 Å². The molecule has 0 spiro atoms. The van der Waals surface area contributed by atoms with Crippen LogP contribution in [0.3, 0.4) is 0 Å². The van der Waals surface area contributed by atoms with Crippen LogP contribution in [-0.2, 0) is 11.3 Å². The van der Waals surface area contributed by atoms with Crippen LogP contribution in [0.1, 0.15) is 5.56 Å². The van der Waals surface area contributed by atoms with E-state index in [0.29, 0.717) is 6.54 Å². The van der Waals surface area contributed by atoms with Gasteiger partial charge in [-0.2, -0.15) is 0 Å². The Morgan fingerprint density at radius 1 is 1.44 bits per heavy atom. The van der Waals surface area contributed by atoms with Crippen LogP contribution in [0.5, 0.6) is 0 Å². The van der Waals surface area contributed by atoms with Gasteiger partial charge in [0.25, 0.3) is 0 Å². The number of hydrogen-bond donors (Lipinski definition) is 1. The highest BCUT2D eigenvalue weighted by atomic mass is 32.1. The van der Waals surface area contributed by atoms with Crippen molar-refractivity contribution >= 4 is 27.3 Å². The number of thiophene rings is 1. The Balaban J connectivity index is 2.18. The minimum absolute atomic E-state index is 0.290. The maximum Gasteiger partial charge on any atom is 0.231 e. The molecule has 2 aromatic rings. The maximum absolute atomic E-state index is 10.8. The van der Waals surface area contributed by atoms with E-state index in [2.05, 4.69) is 17.5 Å². The summed E-state index contributed by atoms with van der Waals surface area (Å²) in [6, 6.07) is 8.29. The first-order valence-corrected chi connectivity index (χ1v) is 5.97. The van der Waals surface area contributed by atoms with Crippen LogP contribution in [0, 0.1) is 0 Å². The molecule has 0 atom stereocenters. The van der Waals surface area contributed by atoms with Crippen molar-refractivity contribution in [3.05, 3.63) is 35.2 Å². The fourth-order valence-electron chi connectivity index (χ4n) is 1.77. The van der Waals surface area contributed by atoms with Crippen molar-refractivity contribution in [3.63, 3.8) is 0 Å². The quantitative estimate of drug-likeness (QED) is 0.877. The summed E-state index contributed by atoms with van der Waals surface area (Å²) in [7, 11) is 1.90. The molecule has 1 amide bonds. The highest BCUT2D eigenvalue weighted by molar-refractivity contribution is 7.17. The van der Waals surface area contributed by atoms with Crippen molar-refractivity contribution in [1.82, 2.24) is 4.90 Å². The number of rotatable bonds is 4. The van der Waals surface area contributed by atoms with Crippen molar-refractivity contribution < 1.29 is 4.79 Å². The first-order chi connectivity index (χ1) is 7.66. The van der Waals surface area contributed by atoms with Crippen LogP contribution in [0.4, 0.5) is 0 Å². The molecule has 4 heteroatoms. The van der Waals surface area contributed by atoms with Crippen molar-refractivity contribution in [3.8, 4) is 0 Å². The zero-order valence-electron chi connectivity index (χ0n) is 9.14. The Morgan fingerprint density at radius 2 is 2.19 bits per heavy atom. The summed E-state index contributed by atoms with van der Waals surface area (Å²) in [6.45, 7) is 1.05. The van der Waals surface area contributed by atoms with Gasteiger partial charge in [0.15, 0.2) is 0 Å². The summed E-state index contributed by atoms with van der Waals surface area (Å²) in [5, 5.41) is 3.41. The van der Waals surface area contributed by atoms with Gasteiger partial charge in [0.1, 0.15) is 0 Å². The summed E-state index contributed by atoms with van der Waals surface area (Å²) in [4.78, 5) is 12.7. The number of fused-ring (bicyclic) bond motifs is 1. The molecule has 0 saturated heterocycles.